The van der Waals surface area contributed by atoms with Gasteiger partial charge >= 0.3 is 0 Å². The van der Waals surface area contributed by atoms with E-state index in [0.717, 1.165) is 36.2 Å². The molecule has 2 aliphatic rings. The Morgan fingerprint density at radius 3 is 2.85 bits per heavy atom. The molecule has 2 aliphatic heterocycles. The normalized spacial score (nSPS) is 19.1. The molecule has 2 heterocycles. The Kier molecular flexibility index (Phi) is 3.69. The Bertz CT molecular complexity index is 536. The van der Waals surface area contributed by atoms with E-state index < -0.39 is 0 Å². The van der Waals surface area contributed by atoms with Crippen LogP contribution in [0.5, 0.6) is 0 Å². The third kappa shape index (κ3) is 2.82. The fourth-order valence-corrected chi connectivity index (χ4v) is 2.67. The monoisotopic (exact) mass is 274 g/mol. The van der Waals surface area contributed by atoms with E-state index in [4.69, 9.17) is 4.74 Å². The van der Waals surface area contributed by atoms with Gasteiger partial charge in [-0.15, -0.1) is 0 Å². The van der Waals surface area contributed by atoms with Gasteiger partial charge in [-0.1, -0.05) is 0 Å². The van der Waals surface area contributed by atoms with Gasteiger partial charge < -0.3 is 15.4 Å². The first kappa shape index (κ1) is 13.1. The number of hydrogen-bond donors (Lipinski definition) is 2. The molecule has 1 aromatic rings. The fraction of sp³-hybridized carbons (Fsp3) is 0.467. The summed E-state index contributed by atoms with van der Waals surface area (Å²) in [4.78, 5) is 23.5. The molecule has 3 rings (SSSR count). The first-order chi connectivity index (χ1) is 9.72. The summed E-state index contributed by atoms with van der Waals surface area (Å²) >= 11 is 0. The van der Waals surface area contributed by atoms with Crippen molar-refractivity contribution in [1.82, 2.24) is 0 Å². The molecular formula is C15H18N2O3. The van der Waals surface area contributed by atoms with Gasteiger partial charge in [0.15, 0.2) is 0 Å². The lowest BCUT2D eigenvalue weighted by Gasteiger charge is -2.22. The van der Waals surface area contributed by atoms with Crippen LogP contribution in [0.25, 0.3) is 0 Å². The molecule has 5 heteroatoms. The molecule has 1 aromatic carbocycles. The quantitative estimate of drug-likeness (QED) is 0.866. The van der Waals surface area contributed by atoms with Gasteiger partial charge in [-0.2, -0.15) is 0 Å². The van der Waals surface area contributed by atoms with E-state index in [1.54, 1.807) is 0 Å². The molecule has 0 aromatic heterocycles. The second-order valence-electron chi connectivity index (χ2n) is 5.30. The highest BCUT2D eigenvalue weighted by molar-refractivity contribution is 5.96. The van der Waals surface area contributed by atoms with Crippen molar-refractivity contribution in [3.8, 4) is 0 Å². The van der Waals surface area contributed by atoms with Crippen molar-refractivity contribution < 1.29 is 14.3 Å². The largest absolute Gasteiger partial charge is 0.381 e. The first-order valence-electron chi connectivity index (χ1n) is 7.04. The van der Waals surface area contributed by atoms with E-state index in [1.807, 2.05) is 18.2 Å². The van der Waals surface area contributed by atoms with Crippen LogP contribution in [-0.4, -0.2) is 25.0 Å². The molecule has 0 aliphatic carbocycles. The number of rotatable bonds is 2. The summed E-state index contributed by atoms with van der Waals surface area (Å²) in [6, 6.07) is 5.64. The zero-order valence-corrected chi connectivity index (χ0v) is 11.3. The van der Waals surface area contributed by atoms with E-state index >= 15 is 0 Å². The van der Waals surface area contributed by atoms with Crippen LogP contribution in [0.4, 0.5) is 11.4 Å². The molecule has 0 saturated carbocycles. The number of fused-ring (bicyclic) bond motifs is 1. The number of anilines is 2. The lowest BCUT2D eigenvalue weighted by molar-refractivity contribution is -0.122. The molecule has 106 valence electrons. The summed E-state index contributed by atoms with van der Waals surface area (Å²) in [5, 5.41) is 5.80. The van der Waals surface area contributed by atoms with Crippen LogP contribution in [0.3, 0.4) is 0 Å². The molecule has 0 spiro atoms. The topological polar surface area (TPSA) is 67.4 Å². The van der Waals surface area contributed by atoms with Gasteiger partial charge in [0, 0.05) is 36.9 Å². The van der Waals surface area contributed by atoms with E-state index in [1.165, 1.54) is 0 Å². The fourth-order valence-electron chi connectivity index (χ4n) is 2.67. The van der Waals surface area contributed by atoms with E-state index in [-0.39, 0.29) is 17.7 Å². The number of hydrogen-bond acceptors (Lipinski definition) is 3. The third-order valence-electron chi connectivity index (χ3n) is 3.86. The molecule has 1 saturated heterocycles. The SMILES string of the molecule is O=C1CCc2cc(NC(=O)C3CCOCC3)ccc2N1. The zero-order chi connectivity index (χ0) is 13.9. The van der Waals surface area contributed by atoms with Crippen molar-refractivity contribution in [2.45, 2.75) is 25.7 Å². The number of nitrogens with one attached hydrogen (secondary N) is 2. The summed E-state index contributed by atoms with van der Waals surface area (Å²) < 4.78 is 5.26. The molecule has 20 heavy (non-hydrogen) atoms. The van der Waals surface area contributed by atoms with Gasteiger partial charge in [0.05, 0.1) is 0 Å². The minimum atomic E-state index is 0.0412. The highest BCUT2D eigenvalue weighted by atomic mass is 16.5. The number of amides is 2. The first-order valence-corrected chi connectivity index (χ1v) is 7.04. The Balaban J connectivity index is 1.68. The smallest absolute Gasteiger partial charge is 0.227 e. The number of ether oxygens (including phenoxy) is 1. The van der Waals surface area contributed by atoms with Gasteiger partial charge in [-0.25, -0.2) is 0 Å². The Hall–Kier alpha value is -1.88. The predicted molar refractivity (Wildman–Crippen MR) is 75.6 cm³/mol. The van der Waals surface area contributed by atoms with Crippen LogP contribution in [0, 0.1) is 5.92 Å². The van der Waals surface area contributed by atoms with Crippen LogP contribution in [-0.2, 0) is 20.7 Å². The van der Waals surface area contributed by atoms with Gasteiger partial charge in [-0.05, 0) is 43.0 Å². The van der Waals surface area contributed by atoms with Crippen molar-refractivity contribution in [2.24, 2.45) is 5.92 Å². The zero-order valence-electron chi connectivity index (χ0n) is 11.3. The van der Waals surface area contributed by atoms with Crippen LogP contribution in [0.15, 0.2) is 18.2 Å². The maximum Gasteiger partial charge on any atom is 0.227 e. The average molecular weight is 274 g/mol. The number of carbonyl (C=O) groups excluding carboxylic acids is 2. The Morgan fingerprint density at radius 2 is 2.05 bits per heavy atom. The minimum Gasteiger partial charge on any atom is -0.381 e. The van der Waals surface area contributed by atoms with Crippen LogP contribution in [0.2, 0.25) is 0 Å². The van der Waals surface area contributed by atoms with E-state index in [2.05, 4.69) is 10.6 Å². The standard InChI is InChI=1S/C15H18N2O3/c18-14-4-1-11-9-12(2-3-13(11)17-14)16-15(19)10-5-7-20-8-6-10/h2-3,9-10H,1,4-8H2,(H,16,19)(H,17,18). The van der Waals surface area contributed by atoms with Crippen LogP contribution in [0.1, 0.15) is 24.8 Å². The van der Waals surface area contributed by atoms with E-state index in [9.17, 15) is 9.59 Å². The minimum absolute atomic E-state index is 0.0412. The van der Waals surface area contributed by atoms with Crippen molar-refractivity contribution in [1.29, 1.82) is 0 Å². The highest BCUT2D eigenvalue weighted by Crippen LogP contribution is 2.26. The van der Waals surface area contributed by atoms with Crippen molar-refractivity contribution in [2.75, 3.05) is 23.8 Å². The second-order valence-corrected chi connectivity index (χ2v) is 5.30. The van der Waals surface area contributed by atoms with Gasteiger partial charge in [-0.3, -0.25) is 9.59 Å². The number of carbonyl (C=O) groups is 2. The van der Waals surface area contributed by atoms with Crippen molar-refractivity contribution in [3.63, 3.8) is 0 Å². The Morgan fingerprint density at radius 1 is 1.25 bits per heavy atom. The molecule has 2 N–H and O–H groups in total. The van der Waals surface area contributed by atoms with Gasteiger partial charge in [0.1, 0.15) is 0 Å². The van der Waals surface area contributed by atoms with E-state index in [0.29, 0.717) is 19.6 Å². The van der Waals surface area contributed by atoms with Crippen LogP contribution < -0.4 is 10.6 Å². The maximum absolute atomic E-state index is 12.2. The average Bonchev–Trinajstić information content (AvgIpc) is 2.48. The molecule has 0 unspecified atom stereocenters. The molecule has 5 nitrogen and oxygen atoms in total. The molecule has 2 amide bonds. The summed E-state index contributed by atoms with van der Waals surface area (Å²) in [5.74, 6) is 0.157. The third-order valence-corrected chi connectivity index (χ3v) is 3.86. The van der Waals surface area contributed by atoms with Crippen LogP contribution >= 0.6 is 0 Å². The molecule has 0 radical (unpaired) electrons. The maximum atomic E-state index is 12.2. The summed E-state index contributed by atoms with van der Waals surface area (Å²) in [6.07, 6.45) is 2.80. The Labute approximate surface area is 117 Å². The molecule has 0 atom stereocenters. The number of aryl methyl sites for hydroxylation is 1. The van der Waals surface area contributed by atoms with Gasteiger partial charge in [0.25, 0.3) is 0 Å². The number of benzene rings is 1. The molecule has 1 fully saturated rings. The highest BCUT2D eigenvalue weighted by Gasteiger charge is 2.22. The van der Waals surface area contributed by atoms with Crippen molar-refractivity contribution >= 4 is 23.2 Å². The predicted octanol–water partition coefficient (Wildman–Crippen LogP) is 1.94. The molecular weight excluding hydrogens is 256 g/mol. The summed E-state index contributed by atoms with van der Waals surface area (Å²) in [6.45, 7) is 1.32. The lowest BCUT2D eigenvalue weighted by atomic mass is 9.98. The lowest BCUT2D eigenvalue weighted by Crippen LogP contribution is -2.28. The van der Waals surface area contributed by atoms with Gasteiger partial charge in [0.2, 0.25) is 11.8 Å². The van der Waals surface area contributed by atoms with Crippen molar-refractivity contribution in [3.05, 3.63) is 23.8 Å². The summed E-state index contributed by atoms with van der Waals surface area (Å²) in [7, 11) is 0. The molecule has 0 bridgehead atoms. The summed E-state index contributed by atoms with van der Waals surface area (Å²) in [5.41, 5.74) is 2.73. The second kappa shape index (κ2) is 5.63.